The minimum atomic E-state index is -0.0591. The van der Waals surface area contributed by atoms with E-state index < -0.39 is 0 Å². The van der Waals surface area contributed by atoms with Crippen LogP contribution in [0.5, 0.6) is 5.75 Å². The number of hydrogen-bond acceptors (Lipinski definition) is 10. The first-order valence-electron chi connectivity index (χ1n) is 11.2. The van der Waals surface area contributed by atoms with Crippen molar-refractivity contribution in [1.29, 1.82) is 0 Å². The van der Waals surface area contributed by atoms with Crippen molar-refractivity contribution in [3.63, 3.8) is 0 Å². The summed E-state index contributed by atoms with van der Waals surface area (Å²) in [6.07, 6.45) is 4.52. The van der Waals surface area contributed by atoms with Crippen molar-refractivity contribution in [3.8, 4) is 17.0 Å². The minimum absolute atomic E-state index is 0.0591. The molecule has 0 unspecified atom stereocenters. The highest BCUT2D eigenvalue weighted by atomic mass is 16.3. The summed E-state index contributed by atoms with van der Waals surface area (Å²) in [5, 5.41) is 31.7. The van der Waals surface area contributed by atoms with Crippen molar-refractivity contribution < 1.29 is 9.90 Å². The van der Waals surface area contributed by atoms with E-state index >= 15 is 0 Å². The molecule has 0 spiro atoms. The number of carbonyl (C=O) groups excluding carboxylic acids is 1. The molecule has 0 saturated heterocycles. The van der Waals surface area contributed by atoms with Crippen LogP contribution in [-0.2, 0) is 6.54 Å². The summed E-state index contributed by atoms with van der Waals surface area (Å²) in [6, 6.07) is 14.1. The molecule has 2 aromatic carbocycles. The second kappa shape index (κ2) is 10.1. The molecule has 0 aliphatic heterocycles. The molecule has 0 radical (unpaired) electrons. The predicted octanol–water partition coefficient (Wildman–Crippen LogP) is 2.80. The zero-order chi connectivity index (χ0) is 25.8. The number of aromatic nitrogens is 8. The van der Waals surface area contributed by atoms with Crippen LogP contribution >= 0.6 is 0 Å². The standard InChI is InChI=1S/C24H23N11O2/c1-34(2)22(37)16-5-3-15(4-6-16)19-12-21(33-32-19)30-24-26-14-25-23(31-24)29-18-7-8-20(36)17(11-18)13-35-27-9-10-28-35/h3-12,14,36H,13H2,1-2H3,(H3,25,26,29,30,31,32,33). The largest absolute Gasteiger partial charge is 0.508 e. The minimum Gasteiger partial charge on any atom is -0.508 e. The van der Waals surface area contributed by atoms with Gasteiger partial charge in [0.15, 0.2) is 5.82 Å². The Morgan fingerprint density at radius 1 is 1.00 bits per heavy atom. The number of amides is 1. The van der Waals surface area contributed by atoms with Gasteiger partial charge in [0.25, 0.3) is 5.91 Å². The summed E-state index contributed by atoms with van der Waals surface area (Å²) in [7, 11) is 3.43. The van der Waals surface area contributed by atoms with Crippen LogP contribution in [0.4, 0.5) is 23.4 Å². The average Bonchev–Trinajstić information content (AvgIpc) is 3.58. The maximum Gasteiger partial charge on any atom is 0.253 e. The van der Waals surface area contributed by atoms with E-state index in [1.165, 1.54) is 16.0 Å². The molecule has 186 valence electrons. The SMILES string of the molecule is CN(C)C(=O)c1ccc(-c2cc(Nc3ncnc(Nc4ccc(O)c(Cn5nccn5)c4)n3)n[nH]2)cc1. The molecule has 13 nitrogen and oxygen atoms in total. The molecule has 5 aromatic rings. The molecule has 5 rings (SSSR count). The van der Waals surface area contributed by atoms with Crippen LogP contribution < -0.4 is 10.6 Å². The van der Waals surface area contributed by atoms with Gasteiger partial charge in [-0.2, -0.15) is 25.1 Å². The quantitative estimate of drug-likeness (QED) is 0.234. The molecule has 0 fully saturated rings. The van der Waals surface area contributed by atoms with Crippen molar-refractivity contribution in [2.24, 2.45) is 0 Å². The van der Waals surface area contributed by atoms with Crippen LogP contribution in [0.2, 0.25) is 0 Å². The van der Waals surface area contributed by atoms with E-state index in [0.29, 0.717) is 41.1 Å². The molecule has 4 N–H and O–H groups in total. The maximum absolute atomic E-state index is 12.1. The first-order chi connectivity index (χ1) is 17.9. The average molecular weight is 498 g/mol. The molecule has 3 aromatic heterocycles. The third-order valence-corrected chi connectivity index (χ3v) is 5.35. The van der Waals surface area contributed by atoms with Gasteiger partial charge in [-0.15, -0.1) is 0 Å². The van der Waals surface area contributed by atoms with E-state index in [1.54, 1.807) is 56.8 Å². The van der Waals surface area contributed by atoms with Crippen molar-refractivity contribution >= 4 is 29.3 Å². The van der Waals surface area contributed by atoms with Gasteiger partial charge in [0.1, 0.15) is 12.1 Å². The fourth-order valence-corrected chi connectivity index (χ4v) is 3.51. The van der Waals surface area contributed by atoms with Crippen LogP contribution in [0.15, 0.2) is 67.3 Å². The molecule has 0 atom stereocenters. The van der Waals surface area contributed by atoms with Crippen molar-refractivity contribution in [2.75, 3.05) is 24.7 Å². The Morgan fingerprint density at radius 3 is 2.46 bits per heavy atom. The van der Waals surface area contributed by atoms with Crippen molar-refractivity contribution in [3.05, 3.63) is 78.4 Å². The summed E-state index contributed by atoms with van der Waals surface area (Å²) in [5.41, 5.74) is 3.56. The van der Waals surface area contributed by atoms with E-state index in [-0.39, 0.29) is 11.7 Å². The van der Waals surface area contributed by atoms with Crippen LogP contribution in [0, 0.1) is 0 Å². The first kappa shape index (κ1) is 23.4. The molecule has 37 heavy (non-hydrogen) atoms. The summed E-state index contributed by atoms with van der Waals surface area (Å²) in [6.45, 7) is 0.314. The number of H-pyrrole nitrogens is 1. The number of aromatic amines is 1. The topological polar surface area (TPSA) is 163 Å². The lowest BCUT2D eigenvalue weighted by atomic mass is 10.1. The number of nitrogens with one attached hydrogen (secondary N) is 3. The normalized spacial score (nSPS) is 10.8. The number of hydrogen-bond donors (Lipinski definition) is 4. The Bertz CT molecular complexity index is 1510. The molecular weight excluding hydrogens is 474 g/mol. The van der Waals surface area contributed by atoms with Crippen molar-refractivity contribution in [2.45, 2.75) is 6.54 Å². The maximum atomic E-state index is 12.1. The van der Waals surface area contributed by atoms with Gasteiger partial charge < -0.3 is 20.6 Å². The first-order valence-corrected chi connectivity index (χ1v) is 11.2. The van der Waals surface area contributed by atoms with Gasteiger partial charge in [0.2, 0.25) is 11.9 Å². The van der Waals surface area contributed by atoms with Crippen LogP contribution in [-0.4, -0.2) is 70.2 Å². The monoisotopic (exact) mass is 497 g/mol. The van der Waals surface area contributed by atoms with Gasteiger partial charge in [0, 0.05) is 37.0 Å². The Morgan fingerprint density at radius 2 is 1.73 bits per heavy atom. The lowest BCUT2D eigenvalue weighted by Crippen LogP contribution is -2.21. The second-order valence-electron chi connectivity index (χ2n) is 8.23. The summed E-state index contributed by atoms with van der Waals surface area (Å²) in [5.74, 6) is 1.19. The number of nitrogens with zero attached hydrogens (tertiary/aromatic N) is 8. The van der Waals surface area contributed by atoms with E-state index in [0.717, 1.165) is 11.3 Å². The number of phenols is 1. The van der Waals surface area contributed by atoms with Gasteiger partial charge in [-0.25, -0.2) is 9.97 Å². The van der Waals surface area contributed by atoms with E-state index in [4.69, 9.17) is 0 Å². The Kier molecular flexibility index (Phi) is 6.40. The summed E-state index contributed by atoms with van der Waals surface area (Å²) < 4.78 is 0. The zero-order valence-electron chi connectivity index (χ0n) is 20.0. The highest BCUT2D eigenvalue weighted by Crippen LogP contribution is 2.25. The number of phenolic OH excluding ortho intramolecular Hbond substituents is 1. The number of carbonyl (C=O) groups is 1. The van der Waals surface area contributed by atoms with Gasteiger partial charge in [-0.3, -0.25) is 9.89 Å². The van der Waals surface area contributed by atoms with Gasteiger partial charge >= 0.3 is 0 Å². The fraction of sp³-hybridized carbons (Fsp3) is 0.125. The van der Waals surface area contributed by atoms with E-state index in [1.807, 2.05) is 18.2 Å². The third-order valence-electron chi connectivity index (χ3n) is 5.35. The molecule has 3 heterocycles. The lowest BCUT2D eigenvalue weighted by Gasteiger charge is -2.10. The highest BCUT2D eigenvalue weighted by molar-refractivity contribution is 5.94. The highest BCUT2D eigenvalue weighted by Gasteiger charge is 2.11. The Labute approximate surface area is 211 Å². The molecule has 0 bridgehead atoms. The Hall–Kier alpha value is -5.33. The van der Waals surface area contributed by atoms with Crippen LogP contribution in [0.3, 0.4) is 0 Å². The number of benzene rings is 2. The lowest BCUT2D eigenvalue weighted by molar-refractivity contribution is 0.0827. The number of anilines is 4. The fourth-order valence-electron chi connectivity index (χ4n) is 3.51. The molecule has 0 saturated carbocycles. The molecule has 13 heteroatoms. The van der Waals surface area contributed by atoms with Gasteiger partial charge in [0.05, 0.1) is 24.6 Å². The smallest absolute Gasteiger partial charge is 0.253 e. The molecule has 0 aliphatic carbocycles. The summed E-state index contributed by atoms with van der Waals surface area (Å²) >= 11 is 0. The third kappa shape index (κ3) is 5.51. The second-order valence-corrected chi connectivity index (χ2v) is 8.23. The van der Waals surface area contributed by atoms with Crippen molar-refractivity contribution in [1.82, 2.24) is 45.0 Å². The molecular formula is C24H23N11O2. The van der Waals surface area contributed by atoms with Gasteiger partial charge in [-0.1, -0.05) is 12.1 Å². The summed E-state index contributed by atoms with van der Waals surface area (Å²) in [4.78, 5) is 27.8. The number of aromatic hydroxyl groups is 1. The van der Waals surface area contributed by atoms with E-state index in [2.05, 4.69) is 46.0 Å². The number of rotatable bonds is 8. The Balaban J connectivity index is 1.27. The van der Waals surface area contributed by atoms with Crippen LogP contribution in [0.1, 0.15) is 15.9 Å². The van der Waals surface area contributed by atoms with Crippen LogP contribution in [0.25, 0.3) is 11.3 Å². The molecule has 1 amide bonds. The zero-order valence-corrected chi connectivity index (χ0v) is 20.0. The van der Waals surface area contributed by atoms with Gasteiger partial charge in [-0.05, 0) is 35.9 Å². The predicted molar refractivity (Wildman–Crippen MR) is 136 cm³/mol. The van der Waals surface area contributed by atoms with E-state index in [9.17, 15) is 9.90 Å². The molecule has 0 aliphatic rings.